The third-order valence-electron chi connectivity index (χ3n) is 10.1. The summed E-state index contributed by atoms with van der Waals surface area (Å²) in [5.41, 5.74) is 10.4. The number of nitrogens with zero attached hydrogens (tertiary/aromatic N) is 6. The molecule has 0 atom stereocenters. The van der Waals surface area contributed by atoms with Crippen LogP contribution in [-0.2, 0) is 6.54 Å². The van der Waals surface area contributed by atoms with Gasteiger partial charge in [-0.05, 0) is 78.3 Å². The summed E-state index contributed by atoms with van der Waals surface area (Å²) in [7, 11) is 0. The van der Waals surface area contributed by atoms with E-state index < -0.39 is 0 Å². The monoisotopic (exact) mass is 680 g/mol. The van der Waals surface area contributed by atoms with Crippen molar-refractivity contribution in [2.75, 3.05) is 0 Å². The summed E-state index contributed by atoms with van der Waals surface area (Å²) in [5, 5.41) is 5.90. The average Bonchev–Trinajstić information content (AvgIpc) is 3.78. The number of rotatable bonds is 5. The van der Waals surface area contributed by atoms with Gasteiger partial charge >= 0.3 is 0 Å². The van der Waals surface area contributed by atoms with Crippen molar-refractivity contribution in [1.82, 2.24) is 14.0 Å². The number of fused-ring (bicyclic) bond motifs is 11. The quantitative estimate of drug-likeness (QED) is 0.101. The van der Waals surface area contributed by atoms with Gasteiger partial charge < -0.3 is 4.57 Å². The number of pyridine rings is 1. The lowest BCUT2D eigenvalue weighted by atomic mass is 10.0. The molecule has 6 nitrogen and oxygen atoms in total. The molecule has 10 aromatic rings. The van der Waals surface area contributed by atoms with E-state index in [0.717, 1.165) is 61.0 Å². The first kappa shape index (κ1) is 30.6. The molecule has 3 aromatic heterocycles. The first-order chi connectivity index (χ1) is 26.2. The van der Waals surface area contributed by atoms with Crippen molar-refractivity contribution in [2.24, 2.45) is 15.0 Å². The van der Waals surface area contributed by atoms with Gasteiger partial charge in [0.25, 0.3) is 0 Å². The maximum atomic E-state index is 5.19. The molecule has 53 heavy (non-hydrogen) atoms. The van der Waals surface area contributed by atoms with Crippen LogP contribution in [0, 0.1) is 0 Å². The van der Waals surface area contributed by atoms with Gasteiger partial charge in [0.15, 0.2) is 11.7 Å². The van der Waals surface area contributed by atoms with Crippen molar-refractivity contribution < 1.29 is 0 Å². The lowest BCUT2D eigenvalue weighted by molar-refractivity contribution is 1.06. The van der Waals surface area contributed by atoms with Crippen molar-refractivity contribution >= 4 is 78.6 Å². The molecular weight excluding hydrogens is 649 g/mol. The maximum absolute atomic E-state index is 5.19. The Kier molecular flexibility index (Phi) is 7.25. The minimum absolute atomic E-state index is 0.511. The van der Waals surface area contributed by atoms with Crippen LogP contribution < -0.4 is 0 Å². The Bertz CT molecular complexity index is 3080. The zero-order chi connectivity index (χ0) is 35.3. The van der Waals surface area contributed by atoms with Crippen LogP contribution in [0.1, 0.15) is 16.7 Å². The van der Waals surface area contributed by atoms with Gasteiger partial charge in [-0.25, -0.2) is 15.0 Å². The van der Waals surface area contributed by atoms with Gasteiger partial charge in [-0.3, -0.25) is 9.39 Å². The number of benzene rings is 7. The van der Waals surface area contributed by atoms with E-state index in [-0.39, 0.29) is 0 Å². The van der Waals surface area contributed by atoms with Gasteiger partial charge in [0.05, 0.1) is 34.1 Å². The molecule has 0 saturated heterocycles. The molecule has 0 spiro atoms. The van der Waals surface area contributed by atoms with Gasteiger partial charge in [0.1, 0.15) is 5.65 Å². The van der Waals surface area contributed by atoms with E-state index in [1.54, 1.807) is 0 Å². The summed E-state index contributed by atoms with van der Waals surface area (Å²) in [6.45, 7) is 4.41. The molecule has 0 aliphatic heterocycles. The minimum atomic E-state index is 0.511. The normalized spacial score (nSPS) is 12.5. The lowest BCUT2D eigenvalue weighted by Crippen LogP contribution is -2.06. The summed E-state index contributed by atoms with van der Waals surface area (Å²) in [4.78, 5) is 19.5. The number of hydrogen-bond acceptors (Lipinski definition) is 2. The molecule has 0 N–H and O–H groups in total. The smallest absolute Gasteiger partial charge is 0.161 e. The van der Waals surface area contributed by atoms with Crippen LogP contribution in [0.25, 0.3) is 65.8 Å². The highest BCUT2D eigenvalue weighted by atomic mass is 15.0. The van der Waals surface area contributed by atoms with Crippen molar-refractivity contribution in [2.45, 2.75) is 6.54 Å². The SMILES string of the molecule is C=NC(=NC(=NCc1ccccc1)c1ccccc1)c1ccc(-n2c3ccccc3c3cc4c5ccccc5n5c6ccccc6nc5c4cc32)cc1. The third kappa shape index (κ3) is 5.11. The Balaban J connectivity index is 1.14. The summed E-state index contributed by atoms with van der Waals surface area (Å²) in [6, 6.07) is 58.9. The summed E-state index contributed by atoms with van der Waals surface area (Å²) < 4.78 is 4.65. The molecule has 3 heterocycles. The Morgan fingerprint density at radius 2 is 1.13 bits per heavy atom. The highest BCUT2D eigenvalue weighted by Gasteiger charge is 2.19. The molecule has 0 saturated carbocycles. The maximum Gasteiger partial charge on any atom is 0.161 e. The zero-order valence-electron chi connectivity index (χ0n) is 28.8. The second kappa shape index (κ2) is 12.5. The highest BCUT2D eigenvalue weighted by Crippen LogP contribution is 2.39. The average molecular weight is 681 g/mol. The van der Waals surface area contributed by atoms with Crippen molar-refractivity contribution in [3.8, 4) is 5.69 Å². The molecule has 7 aromatic carbocycles. The molecule has 0 radical (unpaired) electrons. The highest BCUT2D eigenvalue weighted by molar-refractivity contribution is 6.21. The van der Waals surface area contributed by atoms with E-state index in [0.29, 0.717) is 18.2 Å². The van der Waals surface area contributed by atoms with E-state index in [1.165, 1.54) is 21.5 Å². The molecule has 0 aliphatic rings. The molecule has 0 aliphatic carbocycles. The predicted octanol–water partition coefficient (Wildman–Crippen LogP) is 11.0. The third-order valence-corrected chi connectivity index (χ3v) is 10.1. The lowest BCUT2D eigenvalue weighted by Gasteiger charge is -2.12. The van der Waals surface area contributed by atoms with E-state index in [4.69, 9.17) is 15.0 Å². The van der Waals surface area contributed by atoms with Crippen molar-refractivity contribution in [1.29, 1.82) is 0 Å². The van der Waals surface area contributed by atoms with E-state index in [2.05, 4.69) is 142 Å². The van der Waals surface area contributed by atoms with E-state index in [1.807, 2.05) is 48.5 Å². The number of aromatic nitrogens is 3. The molecule has 6 heteroatoms. The van der Waals surface area contributed by atoms with Crippen LogP contribution in [0.2, 0.25) is 0 Å². The fourth-order valence-corrected chi connectivity index (χ4v) is 7.63. The minimum Gasteiger partial charge on any atom is -0.309 e. The Labute approximate surface area is 305 Å². The summed E-state index contributed by atoms with van der Waals surface area (Å²) in [5.74, 6) is 1.13. The van der Waals surface area contributed by atoms with Gasteiger partial charge in [-0.2, -0.15) is 0 Å². The molecular formula is C47H32N6. The Morgan fingerprint density at radius 1 is 0.509 bits per heavy atom. The molecule has 10 rings (SSSR count). The predicted molar refractivity (Wildman–Crippen MR) is 221 cm³/mol. The first-order valence-electron chi connectivity index (χ1n) is 17.7. The van der Waals surface area contributed by atoms with Crippen LogP contribution in [0.3, 0.4) is 0 Å². The Morgan fingerprint density at radius 3 is 1.89 bits per heavy atom. The van der Waals surface area contributed by atoms with Gasteiger partial charge in [0, 0.05) is 38.4 Å². The van der Waals surface area contributed by atoms with Crippen LogP contribution >= 0.6 is 0 Å². The molecule has 0 bridgehead atoms. The van der Waals surface area contributed by atoms with E-state index >= 15 is 0 Å². The van der Waals surface area contributed by atoms with Gasteiger partial charge in [0.2, 0.25) is 0 Å². The van der Waals surface area contributed by atoms with Crippen LogP contribution in [0.4, 0.5) is 0 Å². The molecule has 250 valence electrons. The van der Waals surface area contributed by atoms with Crippen LogP contribution in [-0.4, -0.2) is 32.3 Å². The fraction of sp³-hybridized carbons (Fsp3) is 0.0213. The number of aliphatic imine (C=N–C) groups is 3. The molecule has 0 unspecified atom stereocenters. The molecule has 0 fully saturated rings. The van der Waals surface area contributed by atoms with Crippen molar-refractivity contribution in [3.63, 3.8) is 0 Å². The number of hydrogen-bond donors (Lipinski definition) is 0. The number of imidazole rings is 1. The first-order valence-corrected chi connectivity index (χ1v) is 17.7. The van der Waals surface area contributed by atoms with Crippen LogP contribution in [0.15, 0.2) is 185 Å². The summed E-state index contributed by atoms with van der Waals surface area (Å²) in [6.07, 6.45) is 0. The summed E-state index contributed by atoms with van der Waals surface area (Å²) >= 11 is 0. The van der Waals surface area contributed by atoms with Gasteiger partial charge in [-0.1, -0.05) is 109 Å². The van der Waals surface area contributed by atoms with Crippen LogP contribution in [0.5, 0.6) is 0 Å². The number of para-hydroxylation sites is 4. The van der Waals surface area contributed by atoms with Gasteiger partial charge in [-0.15, -0.1) is 0 Å². The molecule has 0 amide bonds. The second-order valence-corrected chi connectivity index (χ2v) is 13.2. The fourth-order valence-electron chi connectivity index (χ4n) is 7.63. The number of amidine groups is 2. The largest absolute Gasteiger partial charge is 0.309 e. The topological polar surface area (TPSA) is 59.3 Å². The van der Waals surface area contributed by atoms with Crippen molar-refractivity contribution in [3.05, 3.63) is 187 Å². The standard InChI is InChI=1S/C47H32N6/c1-48-45(51-46(32-16-6-3-7-17-32)49-30-31-14-4-2-5-15-31)33-24-26-34(27-25-33)52-41-21-11-9-19-36(41)38-28-37-35-18-8-12-22-42(35)53-43-23-13-10-20-40(43)50-47(53)39(37)29-44(38)52/h2-29H,1,30H2. The second-order valence-electron chi connectivity index (χ2n) is 13.2. The van der Waals surface area contributed by atoms with E-state index in [9.17, 15) is 0 Å². The zero-order valence-corrected chi connectivity index (χ0v) is 28.8. The Hall–Kier alpha value is -7.18.